The smallest absolute Gasteiger partial charge is 0.241 e. The fourth-order valence-electron chi connectivity index (χ4n) is 1.28. The van der Waals surface area contributed by atoms with Crippen LogP contribution in [0.5, 0.6) is 0 Å². The highest BCUT2D eigenvalue weighted by atomic mass is 32.5. The minimum atomic E-state index is -9.57. The Hall–Kier alpha value is -1.57. The fourth-order valence-corrected chi connectivity index (χ4v) is 1.93. The fraction of sp³-hybridized carbons (Fsp3) is 0. The molecule has 1 aromatic heterocycles. The first kappa shape index (κ1) is 11.9. The highest BCUT2D eigenvalue weighted by molar-refractivity contribution is 8.45. The van der Waals surface area contributed by atoms with E-state index in [0.717, 1.165) is 12.1 Å². The third kappa shape index (κ3) is 2.57. The molecule has 0 unspecified atom stereocenters. The average molecular weight is 270 g/mol. The van der Waals surface area contributed by atoms with Crippen molar-refractivity contribution in [3.8, 4) is 5.69 Å². The number of aromatic nitrogens is 2. The molecule has 0 aliphatic rings. The summed E-state index contributed by atoms with van der Waals surface area (Å²) >= 11 is 0. The lowest BCUT2D eigenvalue weighted by Gasteiger charge is -2.40. The van der Waals surface area contributed by atoms with Crippen molar-refractivity contribution in [2.75, 3.05) is 0 Å². The number of benzene rings is 1. The molecule has 0 spiro atoms. The van der Waals surface area contributed by atoms with Gasteiger partial charge >= 0.3 is 10.2 Å². The molecule has 0 atom stereocenters. The van der Waals surface area contributed by atoms with E-state index in [-0.39, 0.29) is 5.69 Å². The van der Waals surface area contributed by atoms with E-state index < -0.39 is 15.1 Å². The summed E-state index contributed by atoms with van der Waals surface area (Å²) in [6, 6.07) is 4.18. The maximum atomic E-state index is 12.4. The molecule has 1 heterocycles. The van der Waals surface area contributed by atoms with Crippen molar-refractivity contribution >= 4 is 10.2 Å². The number of hydrogen-bond donors (Lipinski definition) is 0. The Morgan fingerprint density at radius 1 is 0.941 bits per heavy atom. The Bertz CT molecular complexity index is 529. The lowest BCUT2D eigenvalue weighted by molar-refractivity contribution is 0.364. The van der Waals surface area contributed by atoms with Gasteiger partial charge in [0.1, 0.15) is 4.90 Å². The second kappa shape index (κ2) is 2.81. The molecule has 8 heteroatoms. The van der Waals surface area contributed by atoms with Gasteiger partial charge in [-0.3, -0.25) is 0 Å². The van der Waals surface area contributed by atoms with Crippen LogP contribution in [0, 0.1) is 0 Å². The van der Waals surface area contributed by atoms with Crippen LogP contribution < -0.4 is 0 Å². The molecule has 94 valence electrons. The second-order valence-corrected chi connectivity index (χ2v) is 5.82. The number of hydrogen-bond acceptors (Lipinski definition) is 1. The van der Waals surface area contributed by atoms with Gasteiger partial charge in [-0.2, -0.15) is 5.10 Å². The van der Waals surface area contributed by atoms with Gasteiger partial charge in [0.15, 0.2) is 0 Å². The Labute approximate surface area is 93.4 Å². The summed E-state index contributed by atoms with van der Waals surface area (Å²) in [7, 11) is -9.57. The molecular formula is C9H7F5N2S. The van der Waals surface area contributed by atoms with Gasteiger partial charge in [0.25, 0.3) is 0 Å². The quantitative estimate of drug-likeness (QED) is 0.733. The van der Waals surface area contributed by atoms with Gasteiger partial charge < -0.3 is 0 Å². The summed E-state index contributed by atoms with van der Waals surface area (Å²) in [6.07, 6.45) is 2.92. The van der Waals surface area contributed by atoms with Crippen LogP contribution in [0.1, 0.15) is 0 Å². The Balaban J connectivity index is 2.46. The molecule has 2 rings (SSSR count). The lowest BCUT2D eigenvalue weighted by atomic mass is 10.3. The molecule has 0 fully saturated rings. The third-order valence-electron chi connectivity index (χ3n) is 2.05. The SMILES string of the molecule is FS(F)(F)(F)(F)c1ccc(-n2cccn2)cc1. The van der Waals surface area contributed by atoms with Crippen molar-refractivity contribution in [1.82, 2.24) is 9.78 Å². The Morgan fingerprint density at radius 3 is 1.94 bits per heavy atom. The monoisotopic (exact) mass is 270 g/mol. The summed E-state index contributed by atoms with van der Waals surface area (Å²) in [6.45, 7) is 0. The van der Waals surface area contributed by atoms with Crippen LogP contribution in [0.25, 0.3) is 5.69 Å². The number of rotatable bonds is 2. The minimum Gasteiger partial charge on any atom is -0.241 e. The van der Waals surface area contributed by atoms with Gasteiger partial charge in [-0.15, -0.1) is 0 Å². The summed E-state index contributed by atoms with van der Waals surface area (Å²) in [5.74, 6) is 0. The van der Waals surface area contributed by atoms with Crippen molar-refractivity contribution in [2.24, 2.45) is 0 Å². The normalized spacial score (nSPS) is 16.3. The van der Waals surface area contributed by atoms with E-state index in [0.29, 0.717) is 12.1 Å². The molecule has 0 bridgehead atoms. The van der Waals surface area contributed by atoms with Gasteiger partial charge in [-0.1, -0.05) is 19.4 Å². The summed E-state index contributed by atoms with van der Waals surface area (Å²) < 4.78 is 63.3. The van der Waals surface area contributed by atoms with Crippen LogP contribution in [0.15, 0.2) is 47.6 Å². The van der Waals surface area contributed by atoms with E-state index in [2.05, 4.69) is 5.10 Å². The van der Waals surface area contributed by atoms with Crippen molar-refractivity contribution in [3.05, 3.63) is 42.7 Å². The van der Waals surface area contributed by atoms with Crippen LogP contribution in [0.4, 0.5) is 19.4 Å². The van der Waals surface area contributed by atoms with E-state index >= 15 is 0 Å². The molecule has 0 aliphatic carbocycles. The summed E-state index contributed by atoms with van der Waals surface area (Å²) in [4.78, 5) is -1.90. The first-order valence-corrected chi connectivity index (χ1v) is 6.35. The van der Waals surface area contributed by atoms with Gasteiger partial charge in [-0.05, 0) is 30.3 Å². The van der Waals surface area contributed by atoms with Crippen LogP contribution in [0.3, 0.4) is 0 Å². The van der Waals surface area contributed by atoms with E-state index in [1.807, 2.05) is 0 Å². The largest absolute Gasteiger partial charge is 0.310 e. The van der Waals surface area contributed by atoms with Crippen LogP contribution in [0.2, 0.25) is 0 Å². The van der Waals surface area contributed by atoms with Gasteiger partial charge in [0, 0.05) is 12.4 Å². The molecular weight excluding hydrogens is 263 g/mol. The van der Waals surface area contributed by atoms with E-state index in [1.165, 1.54) is 17.1 Å². The van der Waals surface area contributed by atoms with Gasteiger partial charge in [0.05, 0.1) is 5.69 Å². The van der Waals surface area contributed by atoms with Crippen molar-refractivity contribution in [3.63, 3.8) is 0 Å². The number of halogens is 5. The standard InChI is InChI=1S/C9H7F5N2S/c10-17(11,12,13,14)9-4-2-8(3-5-9)16-7-1-6-15-16/h1-7H. The maximum Gasteiger partial charge on any atom is 0.310 e. The maximum absolute atomic E-state index is 12.4. The van der Waals surface area contributed by atoms with Crippen molar-refractivity contribution < 1.29 is 19.4 Å². The first-order valence-electron chi connectivity index (χ1n) is 4.40. The van der Waals surface area contributed by atoms with Gasteiger partial charge in [0.2, 0.25) is 0 Å². The molecule has 0 N–H and O–H groups in total. The zero-order valence-corrected chi connectivity index (χ0v) is 9.05. The van der Waals surface area contributed by atoms with Crippen molar-refractivity contribution in [1.29, 1.82) is 0 Å². The summed E-state index contributed by atoms with van der Waals surface area (Å²) in [5.41, 5.74) is 0.278. The third-order valence-corrected chi connectivity index (χ3v) is 3.21. The molecule has 1 aromatic carbocycles. The topological polar surface area (TPSA) is 17.8 Å². The Kier molecular flexibility index (Phi) is 1.97. The number of nitrogens with zero attached hydrogens (tertiary/aromatic N) is 2. The molecule has 0 saturated carbocycles. The zero-order chi connectivity index (χ0) is 12.8. The molecule has 0 saturated heterocycles. The molecule has 17 heavy (non-hydrogen) atoms. The van der Waals surface area contributed by atoms with E-state index in [1.54, 1.807) is 6.07 Å². The molecule has 2 nitrogen and oxygen atoms in total. The molecule has 0 aliphatic heterocycles. The summed E-state index contributed by atoms with van der Waals surface area (Å²) in [5, 5.41) is 3.77. The van der Waals surface area contributed by atoms with Crippen molar-refractivity contribution in [2.45, 2.75) is 4.90 Å². The van der Waals surface area contributed by atoms with Crippen LogP contribution >= 0.6 is 10.2 Å². The highest BCUT2D eigenvalue weighted by Crippen LogP contribution is 3.02. The van der Waals surface area contributed by atoms with E-state index in [4.69, 9.17) is 0 Å². The second-order valence-electron chi connectivity index (χ2n) is 3.41. The average Bonchev–Trinajstić information content (AvgIpc) is 2.67. The first-order chi connectivity index (χ1) is 7.56. The van der Waals surface area contributed by atoms with E-state index in [9.17, 15) is 19.4 Å². The molecule has 0 radical (unpaired) electrons. The van der Waals surface area contributed by atoms with Gasteiger partial charge in [-0.25, -0.2) is 4.68 Å². The highest BCUT2D eigenvalue weighted by Gasteiger charge is 2.65. The molecule has 2 aromatic rings. The predicted molar refractivity (Wildman–Crippen MR) is 55.0 cm³/mol. The Morgan fingerprint density at radius 2 is 1.53 bits per heavy atom. The van der Waals surface area contributed by atoms with Crippen LogP contribution in [-0.2, 0) is 0 Å². The zero-order valence-electron chi connectivity index (χ0n) is 8.23. The van der Waals surface area contributed by atoms with Crippen LogP contribution in [-0.4, -0.2) is 9.78 Å². The minimum absolute atomic E-state index is 0.278. The lowest BCUT2D eigenvalue weighted by Crippen LogP contribution is -2.06. The predicted octanol–water partition coefficient (Wildman–Crippen LogP) is 4.53. The molecule has 0 amide bonds.